The van der Waals surface area contributed by atoms with Gasteiger partial charge in [0.1, 0.15) is 0 Å². The normalized spacial score (nSPS) is 10.8. The lowest BCUT2D eigenvalue weighted by Gasteiger charge is -2.03. The van der Waals surface area contributed by atoms with E-state index in [0.29, 0.717) is 0 Å². The fourth-order valence-electron chi connectivity index (χ4n) is 1.65. The van der Waals surface area contributed by atoms with E-state index >= 15 is 0 Å². The summed E-state index contributed by atoms with van der Waals surface area (Å²) >= 11 is 0. The Bertz CT molecular complexity index is 414. The van der Waals surface area contributed by atoms with Gasteiger partial charge in [-0.3, -0.25) is 9.36 Å². The van der Waals surface area contributed by atoms with Gasteiger partial charge in [-0.1, -0.05) is 6.92 Å². The van der Waals surface area contributed by atoms with Crippen LogP contribution in [0.3, 0.4) is 0 Å². The highest BCUT2D eigenvalue weighted by molar-refractivity contribution is 5.10. The lowest BCUT2D eigenvalue weighted by molar-refractivity contribution is 0.573. The Balaban J connectivity index is 2.23. The molecule has 0 aromatic carbocycles. The molecule has 2 heterocycles. The molecule has 2 rings (SSSR count). The number of aryl methyl sites for hydroxylation is 2. The summed E-state index contributed by atoms with van der Waals surface area (Å²) in [5.74, 6) is 0. The molecule has 0 radical (unpaired) electrons. The molecule has 0 saturated heterocycles. The van der Waals surface area contributed by atoms with Crippen LogP contribution < -0.4 is 0 Å². The van der Waals surface area contributed by atoms with E-state index in [4.69, 9.17) is 0 Å². The molecule has 80 valence electrons. The van der Waals surface area contributed by atoms with E-state index in [1.54, 1.807) is 6.20 Å². The molecule has 0 aliphatic carbocycles. The van der Waals surface area contributed by atoms with Crippen molar-refractivity contribution in [2.45, 2.75) is 33.4 Å². The minimum Gasteiger partial charge on any atom is -0.268 e. The van der Waals surface area contributed by atoms with Crippen LogP contribution in [0.25, 0.3) is 0 Å². The Hall–Kier alpha value is -1.58. The minimum absolute atomic E-state index is 0.799. The largest absolute Gasteiger partial charge is 0.268 e. The second-order valence-electron chi connectivity index (χ2n) is 3.50. The highest BCUT2D eigenvalue weighted by Crippen LogP contribution is 2.07. The smallest absolute Gasteiger partial charge is 0.0828 e. The first-order valence-electron chi connectivity index (χ1n) is 5.36. The molecule has 4 heteroatoms. The molecule has 0 fully saturated rings. The van der Waals surface area contributed by atoms with Gasteiger partial charge in [0.2, 0.25) is 0 Å². The van der Waals surface area contributed by atoms with Crippen LogP contribution in [-0.2, 0) is 19.5 Å². The van der Waals surface area contributed by atoms with Crippen LogP contribution in [0.4, 0.5) is 0 Å². The number of aromatic nitrogens is 4. The van der Waals surface area contributed by atoms with Crippen molar-refractivity contribution in [3.63, 3.8) is 0 Å². The van der Waals surface area contributed by atoms with Gasteiger partial charge in [0.25, 0.3) is 0 Å². The summed E-state index contributed by atoms with van der Waals surface area (Å²) < 4.78 is 3.96. The van der Waals surface area contributed by atoms with Crippen molar-refractivity contribution in [3.05, 3.63) is 35.9 Å². The molecular formula is C11H16N4. The topological polar surface area (TPSA) is 35.6 Å². The van der Waals surface area contributed by atoms with Gasteiger partial charge in [-0.25, -0.2) is 0 Å². The van der Waals surface area contributed by atoms with Gasteiger partial charge in [0, 0.05) is 18.9 Å². The van der Waals surface area contributed by atoms with E-state index in [-0.39, 0.29) is 0 Å². The zero-order valence-electron chi connectivity index (χ0n) is 9.22. The number of hydrogen-bond acceptors (Lipinski definition) is 2. The molecular weight excluding hydrogens is 188 g/mol. The molecule has 0 bridgehead atoms. The molecule has 15 heavy (non-hydrogen) atoms. The third-order valence-electron chi connectivity index (χ3n) is 2.46. The number of rotatable bonds is 4. The Labute approximate surface area is 89.5 Å². The van der Waals surface area contributed by atoms with Crippen molar-refractivity contribution in [1.29, 1.82) is 0 Å². The zero-order chi connectivity index (χ0) is 10.7. The minimum atomic E-state index is 0.799. The molecule has 0 aliphatic rings. The maximum atomic E-state index is 4.50. The average Bonchev–Trinajstić information content (AvgIpc) is 2.87. The highest BCUT2D eigenvalue weighted by Gasteiger charge is 2.05. The molecule has 0 saturated carbocycles. The van der Waals surface area contributed by atoms with Crippen LogP contribution in [0.1, 0.15) is 25.2 Å². The predicted octanol–water partition coefficient (Wildman–Crippen LogP) is 1.71. The average molecular weight is 204 g/mol. The van der Waals surface area contributed by atoms with E-state index in [1.165, 1.54) is 5.69 Å². The summed E-state index contributed by atoms with van der Waals surface area (Å²) in [5.41, 5.74) is 2.37. The summed E-state index contributed by atoms with van der Waals surface area (Å²) in [6.07, 6.45) is 4.76. The molecule has 0 amide bonds. The summed E-state index contributed by atoms with van der Waals surface area (Å²) in [5, 5.41) is 8.70. The quantitative estimate of drug-likeness (QED) is 0.760. The summed E-state index contributed by atoms with van der Waals surface area (Å²) in [6, 6.07) is 4.10. The van der Waals surface area contributed by atoms with Gasteiger partial charge in [0.05, 0.1) is 17.9 Å². The van der Waals surface area contributed by atoms with Crippen molar-refractivity contribution in [2.75, 3.05) is 0 Å². The molecule has 0 aliphatic heterocycles. The highest BCUT2D eigenvalue weighted by atomic mass is 15.3. The first kappa shape index (κ1) is 9.96. The Kier molecular flexibility index (Phi) is 2.85. The number of nitrogens with zero attached hydrogens (tertiary/aromatic N) is 4. The van der Waals surface area contributed by atoms with Crippen molar-refractivity contribution >= 4 is 0 Å². The van der Waals surface area contributed by atoms with E-state index in [0.717, 1.165) is 25.2 Å². The molecule has 0 unspecified atom stereocenters. The van der Waals surface area contributed by atoms with Crippen molar-refractivity contribution in [1.82, 2.24) is 19.6 Å². The molecule has 2 aromatic rings. The van der Waals surface area contributed by atoms with Crippen LogP contribution in [0.2, 0.25) is 0 Å². The van der Waals surface area contributed by atoms with Crippen LogP contribution in [0.15, 0.2) is 24.5 Å². The standard InChI is InChI=1S/C11H16N4/c1-3-10-8-11(15(4-2)13-10)9-14-7-5-6-12-14/h5-8H,3-4,9H2,1-2H3. The lowest BCUT2D eigenvalue weighted by atomic mass is 10.3. The van der Waals surface area contributed by atoms with Gasteiger partial charge >= 0.3 is 0 Å². The van der Waals surface area contributed by atoms with Crippen LogP contribution >= 0.6 is 0 Å². The van der Waals surface area contributed by atoms with Gasteiger partial charge in [0.15, 0.2) is 0 Å². The van der Waals surface area contributed by atoms with E-state index in [1.807, 2.05) is 21.6 Å². The maximum Gasteiger partial charge on any atom is 0.0828 e. The molecule has 2 aromatic heterocycles. The van der Waals surface area contributed by atoms with Crippen LogP contribution in [0, 0.1) is 0 Å². The SMILES string of the molecule is CCc1cc(Cn2cccn2)n(CC)n1. The summed E-state index contributed by atoms with van der Waals surface area (Å²) in [7, 11) is 0. The van der Waals surface area contributed by atoms with Gasteiger partial charge in [-0.05, 0) is 25.5 Å². The molecule has 0 N–H and O–H groups in total. The first-order valence-corrected chi connectivity index (χ1v) is 5.36. The van der Waals surface area contributed by atoms with E-state index < -0.39 is 0 Å². The Morgan fingerprint density at radius 1 is 1.33 bits per heavy atom. The van der Waals surface area contributed by atoms with Crippen LogP contribution in [-0.4, -0.2) is 19.6 Å². The van der Waals surface area contributed by atoms with Crippen molar-refractivity contribution in [3.8, 4) is 0 Å². The molecule has 4 nitrogen and oxygen atoms in total. The lowest BCUT2D eigenvalue weighted by Crippen LogP contribution is -2.08. The van der Waals surface area contributed by atoms with Crippen LogP contribution in [0.5, 0.6) is 0 Å². The Morgan fingerprint density at radius 3 is 2.80 bits per heavy atom. The second kappa shape index (κ2) is 4.29. The van der Waals surface area contributed by atoms with E-state index in [9.17, 15) is 0 Å². The van der Waals surface area contributed by atoms with E-state index in [2.05, 4.69) is 30.1 Å². The van der Waals surface area contributed by atoms with Crippen molar-refractivity contribution in [2.24, 2.45) is 0 Å². The van der Waals surface area contributed by atoms with Crippen molar-refractivity contribution < 1.29 is 0 Å². The third kappa shape index (κ3) is 2.09. The van der Waals surface area contributed by atoms with Gasteiger partial charge in [-0.15, -0.1) is 0 Å². The van der Waals surface area contributed by atoms with Gasteiger partial charge < -0.3 is 0 Å². The Morgan fingerprint density at radius 2 is 2.20 bits per heavy atom. The third-order valence-corrected chi connectivity index (χ3v) is 2.46. The maximum absolute atomic E-state index is 4.50. The summed E-state index contributed by atoms with van der Waals surface area (Å²) in [6.45, 7) is 5.95. The first-order chi connectivity index (χ1) is 7.33. The summed E-state index contributed by atoms with van der Waals surface area (Å²) in [4.78, 5) is 0. The fraction of sp³-hybridized carbons (Fsp3) is 0.455. The molecule has 0 atom stereocenters. The second-order valence-corrected chi connectivity index (χ2v) is 3.50. The zero-order valence-corrected chi connectivity index (χ0v) is 9.22. The number of hydrogen-bond donors (Lipinski definition) is 0. The molecule has 0 spiro atoms. The fourth-order valence-corrected chi connectivity index (χ4v) is 1.65. The predicted molar refractivity (Wildman–Crippen MR) is 58.6 cm³/mol. The monoisotopic (exact) mass is 204 g/mol. The van der Waals surface area contributed by atoms with Gasteiger partial charge in [-0.2, -0.15) is 10.2 Å².